The summed E-state index contributed by atoms with van der Waals surface area (Å²) in [7, 11) is -0.681. The fraction of sp³-hybridized carbons (Fsp3) is 0.400. The van der Waals surface area contributed by atoms with Crippen LogP contribution in [-0.4, -0.2) is 40.0 Å². The lowest BCUT2D eigenvalue weighted by Gasteiger charge is -2.20. The average Bonchev–Trinajstić information content (AvgIpc) is 2.27. The van der Waals surface area contributed by atoms with Crippen molar-refractivity contribution < 1.29 is 17.9 Å². The minimum Gasteiger partial charge on any atom is -0.486 e. The standard InChI is InChI=1S/C10H12ClNO4S/c1-12(2)17(13,14)10-6-9-8(5-7(10)11)15-3-4-16-9/h5-6H,3-4H2,1-2H3. The van der Waals surface area contributed by atoms with E-state index in [1.54, 1.807) is 0 Å². The summed E-state index contributed by atoms with van der Waals surface area (Å²) in [6.45, 7) is 0.833. The summed E-state index contributed by atoms with van der Waals surface area (Å²) in [5.41, 5.74) is 0. The van der Waals surface area contributed by atoms with E-state index in [0.717, 1.165) is 4.31 Å². The molecule has 0 saturated carbocycles. The van der Waals surface area contributed by atoms with Crippen molar-refractivity contribution >= 4 is 21.6 Å². The van der Waals surface area contributed by atoms with E-state index in [4.69, 9.17) is 21.1 Å². The van der Waals surface area contributed by atoms with Gasteiger partial charge in [-0.15, -0.1) is 0 Å². The molecule has 0 aromatic heterocycles. The van der Waals surface area contributed by atoms with E-state index in [-0.39, 0.29) is 9.92 Å². The topological polar surface area (TPSA) is 55.8 Å². The number of fused-ring (bicyclic) bond motifs is 1. The zero-order valence-corrected chi connectivity index (χ0v) is 11.0. The number of benzene rings is 1. The highest BCUT2D eigenvalue weighted by atomic mass is 35.5. The van der Waals surface area contributed by atoms with Crippen LogP contribution < -0.4 is 9.47 Å². The van der Waals surface area contributed by atoms with Crippen LogP contribution in [0.25, 0.3) is 0 Å². The van der Waals surface area contributed by atoms with E-state index >= 15 is 0 Å². The Balaban J connectivity index is 2.56. The second-order valence-corrected chi connectivity index (χ2v) is 6.24. The Labute approximate surface area is 105 Å². The Morgan fingerprint density at radius 1 is 1.18 bits per heavy atom. The number of nitrogens with zero attached hydrogens (tertiary/aromatic N) is 1. The predicted octanol–water partition coefficient (Wildman–Crippen LogP) is 1.36. The first-order valence-corrected chi connectivity index (χ1v) is 6.76. The van der Waals surface area contributed by atoms with Crippen LogP contribution in [0.4, 0.5) is 0 Å². The van der Waals surface area contributed by atoms with Crippen LogP contribution in [0.2, 0.25) is 5.02 Å². The predicted molar refractivity (Wildman–Crippen MR) is 63.3 cm³/mol. The minimum atomic E-state index is -3.58. The number of hydrogen-bond donors (Lipinski definition) is 0. The van der Waals surface area contributed by atoms with E-state index in [1.807, 2.05) is 0 Å². The van der Waals surface area contributed by atoms with Gasteiger partial charge in [-0.25, -0.2) is 12.7 Å². The first-order chi connectivity index (χ1) is 7.93. The molecule has 0 N–H and O–H groups in total. The molecule has 1 aromatic carbocycles. The number of hydrogen-bond acceptors (Lipinski definition) is 4. The van der Waals surface area contributed by atoms with Crippen molar-refractivity contribution in [2.24, 2.45) is 0 Å². The van der Waals surface area contributed by atoms with E-state index in [2.05, 4.69) is 0 Å². The summed E-state index contributed by atoms with van der Waals surface area (Å²) in [5.74, 6) is 0.875. The van der Waals surface area contributed by atoms with Crippen molar-refractivity contribution in [3.05, 3.63) is 17.2 Å². The Kier molecular flexibility index (Phi) is 3.20. The third kappa shape index (κ3) is 2.20. The van der Waals surface area contributed by atoms with Crippen LogP contribution in [0.1, 0.15) is 0 Å². The van der Waals surface area contributed by atoms with Crippen molar-refractivity contribution in [3.8, 4) is 11.5 Å². The molecule has 1 aliphatic rings. The molecule has 2 rings (SSSR count). The van der Waals surface area contributed by atoms with Gasteiger partial charge in [0, 0.05) is 26.2 Å². The summed E-state index contributed by atoms with van der Waals surface area (Å²) in [4.78, 5) is 0.0217. The van der Waals surface area contributed by atoms with Gasteiger partial charge in [0.2, 0.25) is 10.0 Å². The smallest absolute Gasteiger partial charge is 0.244 e. The summed E-state index contributed by atoms with van der Waals surface area (Å²) >= 11 is 5.95. The zero-order chi connectivity index (χ0) is 12.6. The SMILES string of the molecule is CN(C)S(=O)(=O)c1cc2c(cc1Cl)OCCO2. The molecule has 1 heterocycles. The molecule has 0 fully saturated rings. The van der Waals surface area contributed by atoms with E-state index < -0.39 is 10.0 Å². The largest absolute Gasteiger partial charge is 0.486 e. The fourth-order valence-electron chi connectivity index (χ4n) is 1.44. The lowest BCUT2D eigenvalue weighted by Crippen LogP contribution is -2.23. The highest BCUT2D eigenvalue weighted by Gasteiger charge is 2.24. The number of sulfonamides is 1. The highest BCUT2D eigenvalue weighted by molar-refractivity contribution is 7.89. The summed E-state index contributed by atoms with van der Waals surface area (Å²) < 4.78 is 35.7. The van der Waals surface area contributed by atoms with Crippen molar-refractivity contribution in [1.29, 1.82) is 0 Å². The number of ether oxygens (including phenoxy) is 2. The summed E-state index contributed by atoms with van der Waals surface area (Å²) in [6.07, 6.45) is 0. The first kappa shape index (κ1) is 12.5. The van der Waals surface area contributed by atoms with Gasteiger partial charge in [0.1, 0.15) is 18.1 Å². The average molecular weight is 278 g/mol. The van der Waals surface area contributed by atoms with Gasteiger partial charge in [0.15, 0.2) is 11.5 Å². The molecular formula is C10H12ClNO4S. The molecule has 94 valence electrons. The van der Waals surface area contributed by atoms with Crippen LogP contribution in [0.15, 0.2) is 17.0 Å². The molecule has 0 bridgehead atoms. The van der Waals surface area contributed by atoms with Crippen LogP contribution in [-0.2, 0) is 10.0 Å². The molecule has 0 radical (unpaired) electrons. The Bertz CT molecular complexity index is 541. The van der Waals surface area contributed by atoms with Gasteiger partial charge in [-0.1, -0.05) is 11.6 Å². The highest BCUT2D eigenvalue weighted by Crippen LogP contribution is 2.37. The minimum absolute atomic E-state index is 0.0217. The maximum atomic E-state index is 12.0. The van der Waals surface area contributed by atoms with Gasteiger partial charge in [-0.3, -0.25) is 0 Å². The third-order valence-electron chi connectivity index (χ3n) is 2.36. The number of halogens is 1. The van der Waals surface area contributed by atoms with Crippen molar-refractivity contribution in [1.82, 2.24) is 4.31 Å². The van der Waals surface area contributed by atoms with Gasteiger partial charge in [-0.05, 0) is 0 Å². The van der Waals surface area contributed by atoms with Crippen LogP contribution in [0.5, 0.6) is 11.5 Å². The Morgan fingerprint density at radius 2 is 1.71 bits per heavy atom. The lowest BCUT2D eigenvalue weighted by molar-refractivity contribution is 0.171. The molecule has 0 aliphatic carbocycles. The molecule has 0 saturated heterocycles. The molecule has 0 spiro atoms. The molecular weight excluding hydrogens is 266 g/mol. The van der Waals surface area contributed by atoms with E-state index in [0.29, 0.717) is 24.7 Å². The molecule has 1 aromatic rings. The fourth-order valence-corrected chi connectivity index (χ4v) is 2.84. The van der Waals surface area contributed by atoms with Gasteiger partial charge >= 0.3 is 0 Å². The maximum Gasteiger partial charge on any atom is 0.244 e. The first-order valence-electron chi connectivity index (χ1n) is 4.94. The van der Waals surface area contributed by atoms with E-state index in [9.17, 15) is 8.42 Å². The van der Waals surface area contributed by atoms with Gasteiger partial charge in [0.25, 0.3) is 0 Å². The van der Waals surface area contributed by atoms with Crippen molar-refractivity contribution in [3.63, 3.8) is 0 Å². The van der Waals surface area contributed by atoms with Gasteiger partial charge in [-0.2, -0.15) is 0 Å². The molecule has 5 nitrogen and oxygen atoms in total. The van der Waals surface area contributed by atoms with Crippen LogP contribution >= 0.6 is 11.6 Å². The number of rotatable bonds is 2. The summed E-state index contributed by atoms with van der Waals surface area (Å²) in [6, 6.07) is 2.86. The molecule has 0 atom stereocenters. The van der Waals surface area contributed by atoms with E-state index in [1.165, 1.54) is 26.2 Å². The summed E-state index contributed by atoms with van der Waals surface area (Å²) in [5, 5.41) is 0.128. The maximum absolute atomic E-state index is 12.0. The molecule has 1 aliphatic heterocycles. The zero-order valence-electron chi connectivity index (χ0n) is 9.44. The second kappa shape index (κ2) is 4.36. The van der Waals surface area contributed by atoms with Crippen molar-refractivity contribution in [2.75, 3.05) is 27.3 Å². The van der Waals surface area contributed by atoms with Crippen LogP contribution in [0.3, 0.4) is 0 Å². The Morgan fingerprint density at radius 3 is 2.24 bits per heavy atom. The third-order valence-corrected chi connectivity index (χ3v) is 4.64. The molecule has 17 heavy (non-hydrogen) atoms. The monoisotopic (exact) mass is 277 g/mol. The van der Waals surface area contributed by atoms with Crippen LogP contribution in [0, 0.1) is 0 Å². The van der Waals surface area contributed by atoms with Crippen molar-refractivity contribution in [2.45, 2.75) is 4.90 Å². The Hall–Kier alpha value is -0.980. The van der Waals surface area contributed by atoms with Gasteiger partial charge < -0.3 is 9.47 Å². The molecule has 0 unspecified atom stereocenters. The second-order valence-electron chi connectivity index (χ2n) is 3.71. The normalized spacial score (nSPS) is 15.1. The molecule has 7 heteroatoms. The van der Waals surface area contributed by atoms with Gasteiger partial charge in [0.05, 0.1) is 5.02 Å². The lowest BCUT2D eigenvalue weighted by atomic mass is 10.3. The quantitative estimate of drug-likeness (QED) is 0.819. The molecule has 0 amide bonds.